The van der Waals surface area contributed by atoms with Gasteiger partial charge in [-0.1, -0.05) is 0 Å². The first-order valence-corrected chi connectivity index (χ1v) is 4.59. The highest BCUT2D eigenvalue weighted by Gasteiger charge is 2.29. The summed E-state index contributed by atoms with van der Waals surface area (Å²) in [5.74, 6) is -0.456. The van der Waals surface area contributed by atoms with Gasteiger partial charge in [-0.2, -0.15) is 0 Å². The molecular formula is C9H14N2O3. The fourth-order valence-electron chi connectivity index (χ4n) is 1.41. The minimum Gasteiger partial charge on any atom is -0.354 e. The van der Waals surface area contributed by atoms with Gasteiger partial charge in [0.2, 0.25) is 11.8 Å². The molecule has 1 fully saturated rings. The van der Waals surface area contributed by atoms with Crippen molar-refractivity contribution in [2.45, 2.75) is 26.3 Å². The molecule has 0 aromatic rings. The lowest BCUT2D eigenvalue weighted by molar-refractivity contribution is -0.139. The van der Waals surface area contributed by atoms with Crippen molar-refractivity contribution in [2.24, 2.45) is 0 Å². The van der Waals surface area contributed by atoms with Crippen LogP contribution in [0.3, 0.4) is 0 Å². The highest BCUT2D eigenvalue weighted by atomic mass is 16.2. The molecule has 0 aromatic carbocycles. The molecule has 1 unspecified atom stereocenters. The lowest BCUT2D eigenvalue weighted by Gasteiger charge is -2.24. The zero-order valence-corrected chi connectivity index (χ0v) is 8.37. The van der Waals surface area contributed by atoms with Crippen molar-refractivity contribution in [1.29, 1.82) is 0 Å². The van der Waals surface area contributed by atoms with Crippen LogP contribution in [0.25, 0.3) is 0 Å². The van der Waals surface area contributed by atoms with Crippen molar-refractivity contribution >= 4 is 17.6 Å². The van der Waals surface area contributed by atoms with Gasteiger partial charge in [0, 0.05) is 13.0 Å². The number of ketones is 1. The predicted molar refractivity (Wildman–Crippen MR) is 49.5 cm³/mol. The number of carbonyl (C=O) groups excluding carboxylic acids is 3. The predicted octanol–water partition coefficient (Wildman–Crippen LogP) is -0.688. The summed E-state index contributed by atoms with van der Waals surface area (Å²) in [6, 6.07) is -0.547. The van der Waals surface area contributed by atoms with Gasteiger partial charge in [0.1, 0.15) is 11.8 Å². The van der Waals surface area contributed by atoms with E-state index in [2.05, 4.69) is 5.32 Å². The summed E-state index contributed by atoms with van der Waals surface area (Å²) >= 11 is 0. The molecule has 1 atom stereocenters. The standard InChI is InChI=1S/C9H14N2O3/c1-6(12)5-11-7(2)9(14)10-4-3-8(11)13/h7H,3-5H2,1-2H3,(H,10,14). The van der Waals surface area contributed by atoms with Crippen molar-refractivity contribution in [3.8, 4) is 0 Å². The van der Waals surface area contributed by atoms with Crippen LogP contribution in [0.1, 0.15) is 20.3 Å². The molecule has 2 amide bonds. The number of nitrogens with zero attached hydrogens (tertiary/aromatic N) is 1. The molecule has 1 aliphatic rings. The summed E-state index contributed by atoms with van der Waals surface area (Å²) in [6.07, 6.45) is 0.267. The molecule has 0 aliphatic carbocycles. The highest BCUT2D eigenvalue weighted by molar-refractivity contribution is 5.92. The topological polar surface area (TPSA) is 66.5 Å². The number of hydrogen-bond donors (Lipinski definition) is 1. The maximum Gasteiger partial charge on any atom is 0.242 e. The number of rotatable bonds is 2. The summed E-state index contributed by atoms with van der Waals surface area (Å²) in [6.45, 7) is 3.41. The molecule has 0 radical (unpaired) electrons. The first-order chi connectivity index (χ1) is 6.52. The summed E-state index contributed by atoms with van der Waals surface area (Å²) in [5.41, 5.74) is 0. The maximum absolute atomic E-state index is 11.5. The van der Waals surface area contributed by atoms with E-state index in [1.807, 2.05) is 0 Å². The Morgan fingerprint density at radius 2 is 2.21 bits per heavy atom. The van der Waals surface area contributed by atoms with Crippen LogP contribution in [-0.4, -0.2) is 41.6 Å². The van der Waals surface area contributed by atoms with Gasteiger partial charge in [-0.05, 0) is 13.8 Å². The Labute approximate surface area is 82.4 Å². The van der Waals surface area contributed by atoms with Crippen LogP contribution in [-0.2, 0) is 14.4 Å². The summed E-state index contributed by atoms with van der Waals surface area (Å²) in [5, 5.41) is 2.62. The largest absolute Gasteiger partial charge is 0.354 e. The van der Waals surface area contributed by atoms with Gasteiger partial charge in [-0.25, -0.2) is 0 Å². The molecule has 78 valence electrons. The molecule has 0 saturated carbocycles. The van der Waals surface area contributed by atoms with Gasteiger partial charge in [0.25, 0.3) is 0 Å². The van der Waals surface area contributed by atoms with E-state index < -0.39 is 6.04 Å². The van der Waals surface area contributed by atoms with Crippen LogP contribution < -0.4 is 5.32 Å². The third-order valence-electron chi connectivity index (χ3n) is 2.20. The molecule has 0 bridgehead atoms. The number of hydrogen-bond acceptors (Lipinski definition) is 3. The quantitative estimate of drug-likeness (QED) is 0.638. The molecule has 5 heteroatoms. The van der Waals surface area contributed by atoms with E-state index >= 15 is 0 Å². The first-order valence-electron chi connectivity index (χ1n) is 4.59. The minimum atomic E-state index is -0.547. The molecule has 14 heavy (non-hydrogen) atoms. The Morgan fingerprint density at radius 3 is 2.79 bits per heavy atom. The van der Waals surface area contributed by atoms with E-state index in [4.69, 9.17) is 0 Å². The Morgan fingerprint density at radius 1 is 1.57 bits per heavy atom. The highest BCUT2D eigenvalue weighted by Crippen LogP contribution is 2.06. The van der Waals surface area contributed by atoms with Crippen LogP contribution in [0.4, 0.5) is 0 Å². The number of Topliss-reactive ketones (excluding diaryl/α,β-unsaturated/α-hetero) is 1. The van der Waals surface area contributed by atoms with Crippen molar-refractivity contribution in [3.63, 3.8) is 0 Å². The SMILES string of the molecule is CC(=O)CN1C(=O)CCNC(=O)C1C. The number of amides is 2. The van der Waals surface area contributed by atoms with Crippen LogP contribution in [0.2, 0.25) is 0 Å². The second kappa shape index (κ2) is 4.21. The van der Waals surface area contributed by atoms with Crippen LogP contribution in [0.5, 0.6) is 0 Å². The van der Waals surface area contributed by atoms with Crippen molar-refractivity contribution in [2.75, 3.05) is 13.1 Å². The second-order valence-corrected chi connectivity index (χ2v) is 3.44. The van der Waals surface area contributed by atoms with Crippen LogP contribution in [0.15, 0.2) is 0 Å². The van der Waals surface area contributed by atoms with E-state index in [-0.39, 0.29) is 30.6 Å². The number of carbonyl (C=O) groups is 3. The molecular weight excluding hydrogens is 184 g/mol. The number of nitrogens with one attached hydrogen (secondary N) is 1. The van der Waals surface area contributed by atoms with Gasteiger partial charge in [-0.15, -0.1) is 0 Å². The molecule has 1 N–H and O–H groups in total. The summed E-state index contributed by atoms with van der Waals surface area (Å²) in [4.78, 5) is 35.0. The molecule has 1 rings (SSSR count). The maximum atomic E-state index is 11.5. The van der Waals surface area contributed by atoms with E-state index in [9.17, 15) is 14.4 Å². The Bertz CT molecular complexity index is 275. The molecule has 0 aromatic heterocycles. The van der Waals surface area contributed by atoms with Gasteiger partial charge in [-0.3, -0.25) is 14.4 Å². The van der Waals surface area contributed by atoms with Gasteiger partial charge in [0.05, 0.1) is 6.54 Å². The third kappa shape index (κ3) is 2.31. The zero-order valence-electron chi connectivity index (χ0n) is 8.37. The van der Waals surface area contributed by atoms with Crippen LogP contribution in [0, 0.1) is 0 Å². The lowest BCUT2D eigenvalue weighted by Crippen LogP contribution is -2.46. The zero-order chi connectivity index (χ0) is 10.7. The van der Waals surface area contributed by atoms with E-state index in [1.54, 1.807) is 6.92 Å². The van der Waals surface area contributed by atoms with Crippen LogP contribution >= 0.6 is 0 Å². The fraction of sp³-hybridized carbons (Fsp3) is 0.667. The lowest BCUT2D eigenvalue weighted by atomic mass is 10.2. The minimum absolute atomic E-state index is 0.0212. The summed E-state index contributed by atoms with van der Waals surface area (Å²) < 4.78 is 0. The van der Waals surface area contributed by atoms with E-state index in [0.29, 0.717) is 6.54 Å². The van der Waals surface area contributed by atoms with E-state index in [0.717, 1.165) is 0 Å². The molecule has 1 heterocycles. The second-order valence-electron chi connectivity index (χ2n) is 3.44. The average molecular weight is 198 g/mol. The normalized spacial score (nSPS) is 23.0. The Hall–Kier alpha value is -1.39. The Balaban J connectivity index is 2.79. The van der Waals surface area contributed by atoms with Gasteiger partial charge in [0.15, 0.2) is 0 Å². The molecule has 0 spiro atoms. The van der Waals surface area contributed by atoms with Gasteiger partial charge >= 0.3 is 0 Å². The molecule has 5 nitrogen and oxygen atoms in total. The molecule has 1 aliphatic heterocycles. The van der Waals surface area contributed by atoms with Crippen molar-refractivity contribution in [1.82, 2.24) is 10.2 Å². The van der Waals surface area contributed by atoms with Gasteiger partial charge < -0.3 is 10.2 Å². The first kappa shape index (κ1) is 10.7. The van der Waals surface area contributed by atoms with Crippen molar-refractivity contribution in [3.05, 3.63) is 0 Å². The third-order valence-corrected chi connectivity index (χ3v) is 2.20. The average Bonchev–Trinajstić information content (AvgIpc) is 2.20. The van der Waals surface area contributed by atoms with Crippen molar-refractivity contribution < 1.29 is 14.4 Å². The smallest absolute Gasteiger partial charge is 0.242 e. The van der Waals surface area contributed by atoms with E-state index in [1.165, 1.54) is 11.8 Å². The monoisotopic (exact) mass is 198 g/mol. The summed E-state index contributed by atoms with van der Waals surface area (Å²) in [7, 11) is 0. The Kier molecular flexibility index (Phi) is 3.22. The molecule has 1 saturated heterocycles. The fourth-order valence-corrected chi connectivity index (χ4v) is 1.41.